The van der Waals surface area contributed by atoms with E-state index < -0.39 is 21.6 Å². The van der Waals surface area contributed by atoms with Crippen LogP contribution in [0.4, 0.5) is 0 Å². The van der Waals surface area contributed by atoms with E-state index in [0.717, 1.165) is 6.21 Å². The summed E-state index contributed by atoms with van der Waals surface area (Å²) in [6, 6.07) is 19.0. The zero-order chi connectivity index (χ0) is 30.0. The number of carbonyl (C=O) groups is 1. The van der Waals surface area contributed by atoms with Gasteiger partial charge in [-0.05, 0) is 60.7 Å². The van der Waals surface area contributed by atoms with Crippen molar-refractivity contribution in [1.29, 1.82) is 0 Å². The van der Waals surface area contributed by atoms with E-state index in [2.05, 4.69) is 15.6 Å². The van der Waals surface area contributed by atoms with E-state index >= 15 is 0 Å². The molecule has 0 spiro atoms. The summed E-state index contributed by atoms with van der Waals surface area (Å²) in [6.45, 7) is 0. The Kier molecular flexibility index (Phi) is 7.81. The van der Waals surface area contributed by atoms with E-state index in [0.29, 0.717) is 39.4 Å². The van der Waals surface area contributed by atoms with Crippen molar-refractivity contribution >= 4 is 44.7 Å². The van der Waals surface area contributed by atoms with Gasteiger partial charge in [-0.1, -0.05) is 23.7 Å². The second-order valence-corrected chi connectivity index (χ2v) is 10.7. The van der Waals surface area contributed by atoms with Crippen LogP contribution >= 0.6 is 11.6 Å². The Morgan fingerprint density at radius 2 is 1.76 bits per heavy atom. The van der Waals surface area contributed by atoms with E-state index in [9.17, 15) is 18.0 Å². The number of hydrazone groups is 1. The van der Waals surface area contributed by atoms with Crippen LogP contribution in [-0.4, -0.2) is 44.5 Å². The second-order valence-electron chi connectivity index (χ2n) is 8.75. The van der Waals surface area contributed by atoms with E-state index in [4.69, 9.17) is 30.6 Å². The van der Waals surface area contributed by atoms with Crippen molar-refractivity contribution < 1.29 is 27.1 Å². The molecule has 0 aliphatic rings. The largest absolute Gasteiger partial charge is 0.493 e. The highest BCUT2D eigenvalue weighted by Crippen LogP contribution is 2.33. The summed E-state index contributed by atoms with van der Waals surface area (Å²) in [5, 5.41) is 14.2. The Hall–Kier alpha value is -4.98. The van der Waals surface area contributed by atoms with E-state index in [-0.39, 0.29) is 21.2 Å². The summed E-state index contributed by atoms with van der Waals surface area (Å²) in [5.41, 5.74) is 3.37. The van der Waals surface area contributed by atoms with Crippen molar-refractivity contribution in [3.8, 4) is 28.4 Å². The smallest absolute Gasteiger partial charge is 0.346 e. The van der Waals surface area contributed by atoms with Gasteiger partial charge in [-0.3, -0.25) is 4.79 Å². The average molecular weight is 608 g/mol. The molecular weight excluding hydrogens is 586 g/mol. The van der Waals surface area contributed by atoms with Gasteiger partial charge in [0.1, 0.15) is 5.58 Å². The summed E-state index contributed by atoms with van der Waals surface area (Å²) >= 11 is 6.38. The molecule has 0 unspecified atom stereocenters. The highest BCUT2D eigenvalue weighted by molar-refractivity contribution is 7.89. The Labute approximate surface area is 244 Å². The summed E-state index contributed by atoms with van der Waals surface area (Å²) < 4.78 is 40.9. The molecule has 3 N–H and O–H groups in total. The lowest BCUT2D eigenvalue weighted by Gasteiger charge is -2.11. The fraction of sp³-hybridized carbons (Fsp3) is 0.0714. The van der Waals surface area contributed by atoms with Crippen LogP contribution in [0, 0.1) is 0 Å². The van der Waals surface area contributed by atoms with Gasteiger partial charge in [-0.15, -0.1) is 0 Å². The van der Waals surface area contributed by atoms with Crippen molar-refractivity contribution in [1.82, 2.24) is 15.2 Å². The number of aromatic nitrogens is 2. The molecule has 1 amide bonds. The van der Waals surface area contributed by atoms with Gasteiger partial charge in [0.15, 0.2) is 17.2 Å². The zero-order valence-electron chi connectivity index (χ0n) is 22.1. The molecule has 2 aromatic heterocycles. The van der Waals surface area contributed by atoms with Crippen LogP contribution in [0.15, 0.2) is 92.0 Å². The number of hydrogen-bond acceptors (Lipinski definition) is 9. The quantitative estimate of drug-likeness (QED) is 0.153. The summed E-state index contributed by atoms with van der Waals surface area (Å²) in [4.78, 5) is 25.4. The number of primary sulfonamides is 1. The maximum Gasteiger partial charge on any atom is 0.346 e. The first-order valence-corrected chi connectivity index (χ1v) is 14.0. The van der Waals surface area contributed by atoms with Gasteiger partial charge < -0.3 is 13.9 Å². The van der Waals surface area contributed by atoms with Crippen LogP contribution in [0.2, 0.25) is 5.02 Å². The van der Waals surface area contributed by atoms with Crippen molar-refractivity contribution in [3.63, 3.8) is 0 Å². The normalized spacial score (nSPS) is 11.6. The lowest BCUT2D eigenvalue weighted by molar-refractivity contribution is 0.0949. The third kappa shape index (κ3) is 5.61. The van der Waals surface area contributed by atoms with Gasteiger partial charge in [-0.25, -0.2) is 28.5 Å². The molecule has 0 saturated carbocycles. The van der Waals surface area contributed by atoms with Crippen LogP contribution in [0.5, 0.6) is 11.5 Å². The SMILES string of the molecule is COc1ccc(-c2cc(C(=O)N/N=C/c3c(Cl)c4ccccc4oc3=O)nn2-c2ccc(S(N)(=O)=O)cc2)cc1OC. The maximum absolute atomic E-state index is 13.1. The minimum absolute atomic E-state index is 0.0379. The van der Waals surface area contributed by atoms with E-state index in [1.165, 1.54) is 49.2 Å². The van der Waals surface area contributed by atoms with E-state index in [1.807, 2.05) is 0 Å². The molecule has 0 saturated heterocycles. The second kappa shape index (κ2) is 11.5. The molecule has 5 rings (SSSR count). The van der Waals surface area contributed by atoms with Crippen molar-refractivity contribution in [3.05, 3.63) is 99.5 Å². The van der Waals surface area contributed by atoms with Crippen molar-refractivity contribution in [2.45, 2.75) is 4.90 Å². The molecule has 0 fully saturated rings. The fourth-order valence-corrected chi connectivity index (χ4v) is 4.91. The molecule has 42 heavy (non-hydrogen) atoms. The molecule has 214 valence electrons. The first-order valence-electron chi connectivity index (χ1n) is 12.1. The Morgan fingerprint density at radius 3 is 2.45 bits per heavy atom. The predicted molar refractivity (Wildman–Crippen MR) is 156 cm³/mol. The number of sulfonamides is 1. The minimum Gasteiger partial charge on any atom is -0.493 e. The number of nitrogens with two attached hydrogens (primary N) is 1. The van der Waals surface area contributed by atoms with Crippen molar-refractivity contribution in [2.75, 3.05) is 14.2 Å². The summed E-state index contributed by atoms with van der Waals surface area (Å²) in [6.07, 6.45) is 1.09. The number of hydrogen-bond donors (Lipinski definition) is 2. The molecule has 12 nitrogen and oxygen atoms in total. The maximum atomic E-state index is 13.1. The molecule has 0 aliphatic heterocycles. The number of ether oxygens (including phenoxy) is 2. The number of benzene rings is 3. The molecular formula is C28H22ClN5O7S. The number of amides is 1. The number of methoxy groups -OCH3 is 2. The molecule has 14 heteroatoms. The Morgan fingerprint density at radius 1 is 1.05 bits per heavy atom. The molecule has 0 radical (unpaired) electrons. The number of fused-ring (bicyclic) bond motifs is 1. The highest BCUT2D eigenvalue weighted by Gasteiger charge is 2.19. The number of nitrogens with zero attached hydrogens (tertiary/aromatic N) is 3. The number of carbonyl (C=O) groups excluding carboxylic acids is 1. The molecule has 5 aromatic rings. The van der Waals surface area contributed by atoms with Crippen LogP contribution in [-0.2, 0) is 10.0 Å². The highest BCUT2D eigenvalue weighted by atomic mass is 35.5. The summed E-state index contributed by atoms with van der Waals surface area (Å²) in [5.74, 6) is 0.233. The molecule has 0 atom stereocenters. The van der Waals surface area contributed by atoms with Crippen LogP contribution in [0.25, 0.3) is 27.9 Å². The third-order valence-corrected chi connectivity index (χ3v) is 7.51. The van der Waals surface area contributed by atoms with Crippen LogP contribution in [0.1, 0.15) is 16.1 Å². The minimum atomic E-state index is -3.92. The predicted octanol–water partition coefficient (Wildman–Crippen LogP) is 3.73. The lowest BCUT2D eigenvalue weighted by Crippen LogP contribution is -2.19. The number of rotatable bonds is 8. The van der Waals surface area contributed by atoms with Gasteiger partial charge in [-0.2, -0.15) is 10.2 Å². The molecule has 0 aliphatic carbocycles. The van der Waals surface area contributed by atoms with Gasteiger partial charge >= 0.3 is 5.63 Å². The summed E-state index contributed by atoms with van der Waals surface area (Å²) in [7, 11) is -0.922. The van der Waals surface area contributed by atoms with Gasteiger partial charge in [0.25, 0.3) is 5.91 Å². The first kappa shape index (κ1) is 28.5. The van der Waals surface area contributed by atoms with E-state index in [1.54, 1.807) is 42.5 Å². The van der Waals surface area contributed by atoms with Gasteiger partial charge in [0, 0.05) is 10.9 Å². The van der Waals surface area contributed by atoms with Gasteiger partial charge in [0.05, 0.1) is 47.3 Å². The topological polar surface area (TPSA) is 168 Å². The Bertz CT molecular complexity index is 2020. The Balaban J connectivity index is 1.51. The number of nitrogens with one attached hydrogen (secondary N) is 1. The molecule has 2 heterocycles. The van der Waals surface area contributed by atoms with Crippen LogP contribution in [0.3, 0.4) is 0 Å². The lowest BCUT2D eigenvalue weighted by atomic mass is 10.1. The standard InChI is InChI=1S/C28H22ClN5O7S/c1-39-24-12-7-16(13-25(24)40-2)22-14-21(33-34(22)17-8-10-18(11-9-17)42(30,37)38)27(35)32-31-15-20-26(29)19-5-3-4-6-23(19)41-28(20)36/h3-15H,1-2H3,(H,32,35)(H2,30,37,38)/b31-15+. The number of halogens is 1. The molecule has 0 bridgehead atoms. The van der Waals surface area contributed by atoms with Gasteiger partial charge in [0.2, 0.25) is 10.0 Å². The first-order chi connectivity index (χ1) is 20.1. The van der Waals surface area contributed by atoms with Crippen molar-refractivity contribution in [2.24, 2.45) is 10.2 Å². The third-order valence-electron chi connectivity index (χ3n) is 6.17. The monoisotopic (exact) mass is 607 g/mol. The molecule has 3 aromatic carbocycles. The zero-order valence-corrected chi connectivity index (χ0v) is 23.6. The van der Waals surface area contributed by atoms with Crippen LogP contribution < -0.4 is 25.7 Å². The fourth-order valence-electron chi connectivity index (χ4n) is 4.12. The average Bonchev–Trinajstić information content (AvgIpc) is 3.44. The number of para-hydroxylation sites is 1.